The minimum absolute atomic E-state index is 0.174. The van der Waals surface area contributed by atoms with E-state index < -0.39 is 5.60 Å². The summed E-state index contributed by atoms with van der Waals surface area (Å²) in [6.45, 7) is 9.93. The minimum atomic E-state index is -0.468. The zero-order chi connectivity index (χ0) is 29.2. The van der Waals surface area contributed by atoms with Crippen molar-refractivity contribution in [3.05, 3.63) is 108 Å². The second-order valence-electron chi connectivity index (χ2n) is 12.3. The monoisotopic (exact) mass is 563 g/mol. The molecule has 7 heteroatoms. The van der Waals surface area contributed by atoms with E-state index in [0.29, 0.717) is 25.0 Å². The van der Waals surface area contributed by atoms with Crippen molar-refractivity contribution in [1.29, 1.82) is 0 Å². The van der Waals surface area contributed by atoms with Gasteiger partial charge in [0.1, 0.15) is 18.8 Å². The van der Waals surface area contributed by atoms with Crippen LogP contribution in [0.25, 0.3) is 11.1 Å². The van der Waals surface area contributed by atoms with E-state index in [1.807, 2.05) is 98.5 Å². The van der Waals surface area contributed by atoms with Gasteiger partial charge in [0.2, 0.25) is 11.8 Å². The summed E-state index contributed by atoms with van der Waals surface area (Å²) in [5.41, 5.74) is 4.97. The Morgan fingerprint density at radius 3 is 1.95 bits per heavy atom. The molecular weight excluding hydrogens is 526 g/mol. The summed E-state index contributed by atoms with van der Waals surface area (Å²) in [5.74, 6) is 1.06. The van der Waals surface area contributed by atoms with Crippen molar-refractivity contribution in [2.45, 2.75) is 39.6 Å². The summed E-state index contributed by atoms with van der Waals surface area (Å²) in [6.07, 6.45) is -0.216. The van der Waals surface area contributed by atoms with Gasteiger partial charge in [-0.05, 0) is 55.7 Å². The first kappa shape index (κ1) is 27.6. The maximum atomic E-state index is 12.3. The third-order valence-electron chi connectivity index (χ3n) is 7.58. The number of amides is 1. The van der Waals surface area contributed by atoms with Crippen LogP contribution in [0.4, 0.5) is 10.5 Å². The summed E-state index contributed by atoms with van der Waals surface area (Å²) in [6, 6.07) is 32.6. The molecule has 0 bridgehead atoms. The molecule has 42 heavy (non-hydrogen) atoms. The van der Waals surface area contributed by atoms with Crippen molar-refractivity contribution in [3.63, 3.8) is 0 Å². The lowest BCUT2D eigenvalue weighted by Crippen LogP contribution is -2.73. The number of hydrogen-bond acceptors (Lipinski definition) is 6. The second-order valence-corrected chi connectivity index (χ2v) is 12.3. The summed E-state index contributed by atoms with van der Waals surface area (Å²) in [5, 5.41) is 0. The number of aromatic nitrogens is 1. The molecule has 2 fully saturated rings. The number of likely N-dealkylation sites (tertiary alicyclic amines) is 1. The Hall–Kier alpha value is -4.52. The van der Waals surface area contributed by atoms with E-state index in [2.05, 4.69) is 29.2 Å². The largest absolute Gasteiger partial charge is 0.473 e. The van der Waals surface area contributed by atoms with Gasteiger partial charge in [0.05, 0.1) is 0 Å². The number of nitrogens with zero attached hydrogens (tertiary/aromatic N) is 3. The highest BCUT2D eigenvalue weighted by Gasteiger charge is 2.54. The van der Waals surface area contributed by atoms with Gasteiger partial charge in [-0.1, -0.05) is 72.8 Å². The van der Waals surface area contributed by atoms with Crippen LogP contribution < -0.4 is 14.4 Å². The Bertz CT molecular complexity index is 1500. The molecule has 3 heterocycles. The van der Waals surface area contributed by atoms with Crippen LogP contribution in [0.3, 0.4) is 0 Å². The molecule has 0 N–H and O–H groups in total. The molecule has 1 spiro atoms. The molecule has 0 unspecified atom stereocenters. The predicted molar refractivity (Wildman–Crippen MR) is 164 cm³/mol. The fourth-order valence-corrected chi connectivity index (χ4v) is 5.51. The molecule has 6 rings (SSSR count). The fourth-order valence-electron chi connectivity index (χ4n) is 5.51. The third kappa shape index (κ3) is 6.35. The number of pyridine rings is 1. The van der Waals surface area contributed by atoms with Crippen LogP contribution >= 0.6 is 0 Å². The standard InChI is InChI=1S/C35H37N3O4/c1-34(2,3)42-33(39)38-24-35(25-38)22-37(23-35)29-16-14-28(15-17-29)30-18-19-31(40-20-26-10-6-4-7-11-26)36-32(30)41-21-27-12-8-5-9-13-27/h4-19H,20-25H2,1-3H3. The molecule has 2 aliphatic rings. The Kier molecular flexibility index (Phi) is 7.50. The van der Waals surface area contributed by atoms with Gasteiger partial charge >= 0.3 is 6.09 Å². The number of ether oxygens (including phenoxy) is 3. The zero-order valence-corrected chi connectivity index (χ0v) is 24.5. The van der Waals surface area contributed by atoms with E-state index in [1.54, 1.807) is 0 Å². The summed E-state index contributed by atoms with van der Waals surface area (Å²) in [7, 11) is 0. The lowest BCUT2D eigenvalue weighted by Gasteiger charge is -2.60. The molecule has 0 atom stereocenters. The first-order valence-electron chi connectivity index (χ1n) is 14.4. The topological polar surface area (TPSA) is 64.1 Å². The Morgan fingerprint density at radius 1 is 0.762 bits per heavy atom. The molecule has 1 amide bonds. The van der Waals surface area contributed by atoms with Crippen molar-refractivity contribution >= 4 is 11.8 Å². The van der Waals surface area contributed by atoms with E-state index in [0.717, 1.165) is 48.4 Å². The average molecular weight is 564 g/mol. The number of benzene rings is 3. The van der Waals surface area contributed by atoms with Crippen molar-refractivity contribution in [2.75, 3.05) is 31.1 Å². The third-order valence-corrected chi connectivity index (χ3v) is 7.58. The van der Waals surface area contributed by atoms with Crippen LogP contribution in [0.5, 0.6) is 11.8 Å². The van der Waals surface area contributed by atoms with Crippen LogP contribution in [-0.2, 0) is 18.0 Å². The molecule has 0 aliphatic carbocycles. The van der Waals surface area contributed by atoms with E-state index in [-0.39, 0.29) is 11.5 Å². The van der Waals surface area contributed by atoms with Gasteiger partial charge in [0, 0.05) is 48.9 Å². The van der Waals surface area contributed by atoms with Gasteiger partial charge in [0.25, 0.3) is 0 Å². The number of hydrogen-bond donors (Lipinski definition) is 0. The Labute approximate surface area is 247 Å². The van der Waals surface area contributed by atoms with Crippen molar-refractivity contribution < 1.29 is 19.0 Å². The predicted octanol–water partition coefficient (Wildman–Crippen LogP) is 6.96. The molecule has 0 saturated carbocycles. The number of anilines is 1. The van der Waals surface area contributed by atoms with Crippen LogP contribution in [0.1, 0.15) is 31.9 Å². The average Bonchev–Trinajstić information content (AvgIpc) is 2.94. The Balaban J connectivity index is 1.12. The second kappa shape index (κ2) is 11.4. The molecule has 4 aromatic rings. The number of rotatable bonds is 8. The number of carbonyl (C=O) groups excluding carboxylic acids is 1. The molecular formula is C35H37N3O4. The van der Waals surface area contributed by atoms with Gasteiger partial charge in [-0.2, -0.15) is 4.98 Å². The molecule has 3 aromatic carbocycles. The molecule has 0 radical (unpaired) electrons. The smallest absolute Gasteiger partial charge is 0.410 e. The van der Waals surface area contributed by atoms with Crippen molar-refractivity contribution in [2.24, 2.45) is 5.41 Å². The van der Waals surface area contributed by atoms with Gasteiger partial charge < -0.3 is 24.0 Å². The van der Waals surface area contributed by atoms with Crippen LogP contribution in [0.15, 0.2) is 97.1 Å². The quantitative estimate of drug-likeness (QED) is 0.231. The maximum Gasteiger partial charge on any atom is 0.410 e. The first-order valence-corrected chi connectivity index (χ1v) is 14.4. The molecule has 1 aromatic heterocycles. The maximum absolute atomic E-state index is 12.3. The van der Waals surface area contributed by atoms with E-state index in [1.165, 1.54) is 5.69 Å². The van der Waals surface area contributed by atoms with Crippen LogP contribution in [0, 0.1) is 5.41 Å². The normalized spacial score (nSPS) is 15.5. The first-order chi connectivity index (χ1) is 20.3. The summed E-state index contributed by atoms with van der Waals surface area (Å²) >= 11 is 0. The van der Waals surface area contributed by atoms with Crippen molar-refractivity contribution in [3.8, 4) is 22.9 Å². The summed E-state index contributed by atoms with van der Waals surface area (Å²) < 4.78 is 17.8. The summed E-state index contributed by atoms with van der Waals surface area (Å²) in [4.78, 5) is 21.3. The van der Waals surface area contributed by atoms with Crippen LogP contribution in [0.2, 0.25) is 0 Å². The van der Waals surface area contributed by atoms with E-state index >= 15 is 0 Å². The van der Waals surface area contributed by atoms with E-state index in [9.17, 15) is 4.79 Å². The highest BCUT2D eigenvalue weighted by molar-refractivity contribution is 5.72. The molecule has 7 nitrogen and oxygen atoms in total. The van der Waals surface area contributed by atoms with Crippen LogP contribution in [-0.4, -0.2) is 47.8 Å². The molecule has 2 aliphatic heterocycles. The van der Waals surface area contributed by atoms with Gasteiger partial charge in [0.15, 0.2) is 0 Å². The lowest BCUT2D eigenvalue weighted by atomic mass is 9.73. The number of carbonyl (C=O) groups is 1. The highest BCUT2D eigenvalue weighted by atomic mass is 16.6. The lowest BCUT2D eigenvalue weighted by molar-refractivity contribution is -0.0453. The van der Waals surface area contributed by atoms with E-state index in [4.69, 9.17) is 19.2 Å². The molecule has 2 saturated heterocycles. The molecule has 216 valence electrons. The minimum Gasteiger partial charge on any atom is -0.473 e. The van der Waals surface area contributed by atoms with Crippen molar-refractivity contribution in [1.82, 2.24) is 9.88 Å². The van der Waals surface area contributed by atoms with Gasteiger partial charge in [-0.15, -0.1) is 0 Å². The Morgan fingerprint density at radius 2 is 1.36 bits per heavy atom. The fraction of sp³-hybridized carbons (Fsp3) is 0.314. The SMILES string of the molecule is CC(C)(C)OC(=O)N1CC2(C1)CN(c1ccc(-c3ccc(OCc4ccccc4)nc3OCc3ccccc3)cc1)C2. The zero-order valence-electron chi connectivity index (χ0n) is 24.5. The van der Waals surface area contributed by atoms with Gasteiger partial charge in [-0.3, -0.25) is 0 Å². The highest BCUT2D eigenvalue weighted by Crippen LogP contribution is 2.43. The van der Waals surface area contributed by atoms with Gasteiger partial charge in [-0.25, -0.2) is 4.79 Å².